The molecule has 0 unspecified atom stereocenters. The summed E-state index contributed by atoms with van der Waals surface area (Å²) < 4.78 is 0. The number of rotatable bonds is 7. The van der Waals surface area contributed by atoms with Gasteiger partial charge in [-0.05, 0) is 14.1 Å². The number of hydrogen-bond donors (Lipinski definition) is 2. The van der Waals surface area contributed by atoms with Crippen molar-refractivity contribution in [2.24, 2.45) is 5.29 Å². The maximum absolute atomic E-state index is 10.1. The minimum atomic E-state index is 0.668. The van der Waals surface area contributed by atoms with Crippen LogP contribution in [0.1, 0.15) is 0 Å². The summed E-state index contributed by atoms with van der Waals surface area (Å²) in [7, 11) is 3.70. The fourth-order valence-corrected chi connectivity index (χ4v) is 0.675. The van der Waals surface area contributed by atoms with Crippen LogP contribution in [0.25, 0.3) is 0 Å². The Morgan fingerprint density at radius 1 is 1.18 bits per heavy atom. The van der Waals surface area contributed by atoms with Gasteiger partial charge in [0.25, 0.3) is 0 Å². The molecule has 0 amide bonds. The van der Waals surface area contributed by atoms with Gasteiger partial charge in [0.05, 0.1) is 18.4 Å². The maximum atomic E-state index is 10.1. The van der Waals surface area contributed by atoms with Crippen molar-refractivity contribution in [1.82, 2.24) is 15.6 Å². The lowest BCUT2D eigenvalue weighted by molar-refractivity contribution is 0.287. The molecule has 0 radical (unpaired) electrons. The molecule has 0 atom stereocenters. The largest absolute Gasteiger partial charge is 0.318 e. The molecular formula is C6H16N4O. The monoisotopic (exact) mass is 160 g/mol. The molecule has 0 fully saturated rings. The highest BCUT2D eigenvalue weighted by Gasteiger charge is 1.98. The van der Waals surface area contributed by atoms with E-state index in [0.29, 0.717) is 13.1 Å². The third kappa shape index (κ3) is 5.75. The quantitative estimate of drug-likeness (QED) is 0.386. The van der Waals surface area contributed by atoms with E-state index in [1.54, 1.807) is 0 Å². The Bertz CT molecular complexity index is 90.6. The minimum Gasteiger partial charge on any atom is -0.318 e. The number of hydrogen-bond acceptors (Lipinski definition) is 4. The fraction of sp³-hybridized carbons (Fsp3) is 1.00. The molecule has 0 rings (SSSR count). The molecule has 5 heteroatoms. The molecule has 0 saturated heterocycles. The molecule has 0 saturated carbocycles. The van der Waals surface area contributed by atoms with Crippen LogP contribution in [0.3, 0.4) is 0 Å². The molecular weight excluding hydrogens is 144 g/mol. The first-order chi connectivity index (χ1) is 5.35. The number of likely N-dealkylation sites (N-methyl/N-ethyl adjacent to an activating group) is 2. The van der Waals surface area contributed by atoms with Crippen molar-refractivity contribution in [1.29, 1.82) is 0 Å². The lowest BCUT2D eigenvalue weighted by Crippen LogP contribution is -2.31. The van der Waals surface area contributed by atoms with Gasteiger partial charge in [0.2, 0.25) is 0 Å². The zero-order chi connectivity index (χ0) is 8.53. The molecule has 5 nitrogen and oxygen atoms in total. The Morgan fingerprint density at radius 2 is 1.64 bits per heavy atom. The number of nitrogens with one attached hydrogen (secondary N) is 2. The van der Waals surface area contributed by atoms with Crippen LogP contribution >= 0.6 is 0 Å². The van der Waals surface area contributed by atoms with Crippen molar-refractivity contribution in [3.8, 4) is 0 Å². The van der Waals surface area contributed by atoms with E-state index in [-0.39, 0.29) is 0 Å². The van der Waals surface area contributed by atoms with E-state index >= 15 is 0 Å². The standard InChI is InChI=1S/C6H16N4O/c1-7-3-5-10(9-11)6-4-8-2/h7-8H,3-6H2,1-2H3. The Balaban J connectivity index is 3.33. The zero-order valence-corrected chi connectivity index (χ0v) is 7.13. The fourth-order valence-electron chi connectivity index (χ4n) is 0.675. The van der Waals surface area contributed by atoms with Gasteiger partial charge < -0.3 is 10.6 Å². The van der Waals surface area contributed by atoms with Crippen molar-refractivity contribution in [3.63, 3.8) is 0 Å². The molecule has 0 heterocycles. The molecule has 0 bridgehead atoms. The maximum Gasteiger partial charge on any atom is 0.0524 e. The van der Waals surface area contributed by atoms with Gasteiger partial charge in [-0.1, -0.05) is 0 Å². The van der Waals surface area contributed by atoms with Crippen LogP contribution in [0.5, 0.6) is 0 Å². The first kappa shape index (κ1) is 10.3. The lowest BCUT2D eigenvalue weighted by Gasteiger charge is -2.13. The number of nitroso groups, excluding NO2 is 1. The first-order valence-corrected chi connectivity index (χ1v) is 3.72. The molecule has 0 aromatic rings. The lowest BCUT2D eigenvalue weighted by atomic mass is 10.5. The second kappa shape index (κ2) is 7.43. The molecule has 66 valence electrons. The van der Waals surface area contributed by atoms with Crippen LogP contribution in [-0.4, -0.2) is 45.3 Å². The average Bonchev–Trinajstić information content (AvgIpc) is 2.05. The Hall–Kier alpha value is -0.680. The van der Waals surface area contributed by atoms with E-state index < -0.39 is 0 Å². The van der Waals surface area contributed by atoms with Crippen molar-refractivity contribution < 1.29 is 0 Å². The molecule has 0 aromatic carbocycles. The highest BCUT2D eigenvalue weighted by atomic mass is 16.3. The molecule has 0 aliphatic heterocycles. The summed E-state index contributed by atoms with van der Waals surface area (Å²) in [5.74, 6) is 0. The van der Waals surface area contributed by atoms with E-state index in [9.17, 15) is 4.91 Å². The Labute approximate surface area is 67.1 Å². The average molecular weight is 160 g/mol. The van der Waals surface area contributed by atoms with Crippen molar-refractivity contribution in [2.45, 2.75) is 0 Å². The van der Waals surface area contributed by atoms with Crippen LogP contribution in [0.15, 0.2) is 5.29 Å². The van der Waals surface area contributed by atoms with E-state index in [1.165, 1.54) is 5.01 Å². The first-order valence-electron chi connectivity index (χ1n) is 3.72. The summed E-state index contributed by atoms with van der Waals surface area (Å²) in [5, 5.41) is 10.3. The molecule has 2 N–H and O–H groups in total. The van der Waals surface area contributed by atoms with Gasteiger partial charge in [0.1, 0.15) is 0 Å². The predicted octanol–water partition coefficient (Wildman–Crippen LogP) is -0.591. The molecule has 11 heavy (non-hydrogen) atoms. The summed E-state index contributed by atoms with van der Waals surface area (Å²) in [4.78, 5) is 10.1. The normalized spacial score (nSPS) is 9.64. The van der Waals surface area contributed by atoms with Crippen molar-refractivity contribution >= 4 is 0 Å². The predicted molar refractivity (Wildman–Crippen MR) is 45.2 cm³/mol. The highest BCUT2D eigenvalue weighted by molar-refractivity contribution is 4.54. The summed E-state index contributed by atoms with van der Waals surface area (Å²) in [6.45, 7) is 2.91. The SMILES string of the molecule is CNCCN(CCNC)N=O. The number of nitrogens with zero attached hydrogens (tertiary/aromatic N) is 2. The van der Waals surface area contributed by atoms with Crippen LogP contribution in [0, 0.1) is 4.91 Å². The molecule has 0 spiro atoms. The van der Waals surface area contributed by atoms with Gasteiger partial charge in [-0.25, -0.2) is 0 Å². The highest BCUT2D eigenvalue weighted by Crippen LogP contribution is 1.84. The van der Waals surface area contributed by atoms with Gasteiger partial charge >= 0.3 is 0 Å². The van der Waals surface area contributed by atoms with E-state index in [0.717, 1.165) is 13.1 Å². The molecule has 0 aromatic heterocycles. The Kier molecular flexibility index (Phi) is 6.97. The summed E-state index contributed by atoms with van der Waals surface area (Å²) in [6.07, 6.45) is 0. The van der Waals surface area contributed by atoms with Crippen LogP contribution < -0.4 is 10.6 Å². The minimum absolute atomic E-state index is 0.668. The van der Waals surface area contributed by atoms with Gasteiger partial charge in [-0.2, -0.15) is 0 Å². The van der Waals surface area contributed by atoms with Crippen molar-refractivity contribution in [2.75, 3.05) is 40.3 Å². The molecule has 0 aliphatic rings. The van der Waals surface area contributed by atoms with Crippen LogP contribution in [0.2, 0.25) is 0 Å². The van der Waals surface area contributed by atoms with E-state index in [2.05, 4.69) is 15.9 Å². The summed E-state index contributed by atoms with van der Waals surface area (Å²) in [6, 6.07) is 0. The van der Waals surface area contributed by atoms with Crippen molar-refractivity contribution in [3.05, 3.63) is 4.91 Å². The molecule has 0 aliphatic carbocycles. The third-order valence-corrected chi connectivity index (χ3v) is 1.36. The topological polar surface area (TPSA) is 56.7 Å². The summed E-state index contributed by atoms with van der Waals surface area (Å²) in [5.41, 5.74) is 0. The smallest absolute Gasteiger partial charge is 0.0524 e. The third-order valence-electron chi connectivity index (χ3n) is 1.36. The van der Waals surface area contributed by atoms with E-state index in [1.807, 2.05) is 14.1 Å². The Morgan fingerprint density at radius 3 is 1.91 bits per heavy atom. The van der Waals surface area contributed by atoms with Gasteiger partial charge in [-0.15, -0.1) is 4.91 Å². The van der Waals surface area contributed by atoms with Gasteiger partial charge in [0, 0.05) is 13.1 Å². The zero-order valence-electron chi connectivity index (χ0n) is 7.13. The van der Waals surface area contributed by atoms with Gasteiger partial charge in [0.15, 0.2) is 0 Å². The summed E-state index contributed by atoms with van der Waals surface area (Å²) >= 11 is 0. The second-order valence-electron chi connectivity index (χ2n) is 2.24. The second-order valence-corrected chi connectivity index (χ2v) is 2.24. The van der Waals surface area contributed by atoms with Crippen LogP contribution in [0.4, 0.5) is 0 Å². The van der Waals surface area contributed by atoms with Gasteiger partial charge in [-0.3, -0.25) is 5.01 Å². The van der Waals surface area contributed by atoms with Crippen LogP contribution in [-0.2, 0) is 0 Å². The van der Waals surface area contributed by atoms with E-state index in [4.69, 9.17) is 0 Å².